The minimum absolute atomic E-state index is 0.0724. The SMILES string of the molecule is O=C(C1CCN(c2ccc(C(F)(F)F)cn2)CC1)N1CCCSc2ccccc21. The normalized spacial score (nSPS) is 18.3. The van der Waals surface area contributed by atoms with Gasteiger partial charge >= 0.3 is 6.18 Å². The van der Waals surface area contributed by atoms with Crippen LogP contribution >= 0.6 is 11.8 Å². The van der Waals surface area contributed by atoms with Crippen LogP contribution in [0.5, 0.6) is 0 Å². The van der Waals surface area contributed by atoms with E-state index >= 15 is 0 Å². The first-order chi connectivity index (χ1) is 13.9. The van der Waals surface area contributed by atoms with Crippen molar-refractivity contribution in [2.75, 3.05) is 35.2 Å². The van der Waals surface area contributed by atoms with Gasteiger partial charge in [0.2, 0.25) is 5.91 Å². The molecule has 1 saturated heterocycles. The van der Waals surface area contributed by atoms with Crippen molar-refractivity contribution in [3.63, 3.8) is 0 Å². The number of aromatic nitrogens is 1. The van der Waals surface area contributed by atoms with Gasteiger partial charge in [0.15, 0.2) is 0 Å². The highest BCUT2D eigenvalue weighted by molar-refractivity contribution is 7.99. The van der Waals surface area contributed by atoms with Gasteiger partial charge in [-0.15, -0.1) is 11.8 Å². The number of rotatable bonds is 2. The van der Waals surface area contributed by atoms with Crippen molar-refractivity contribution in [1.29, 1.82) is 0 Å². The zero-order valence-corrected chi connectivity index (χ0v) is 16.7. The summed E-state index contributed by atoms with van der Waals surface area (Å²) in [5.41, 5.74) is 0.246. The van der Waals surface area contributed by atoms with Gasteiger partial charge in [-0.2, -0.15) is 13.2 Å². The Kier molecular flexibility index (Phi) is 5.72. The lowest BCUT2D eigenvalue weighted by atomic mass is 9.94. The number of hydrogen-bond acceptors (Lipinski definition) is 4. The lowest BCUT2D eigenvalue weighted by Crippen LogP contribution is -2.43. The number of anilines is 2. The van der Waals surface area contributed by atoms with Crippen molar-refractivity contribution in [3.05, 3.63) is 48.2 Å². The van der Waals surface area contributed by atoms with Crippen LogP contribution in [-0.4, -0.2) is 36.3 Å². The van der Waals surface area contributed by atoms with Gasteiger partial charge in [0, 0.05) is 36.6 Å². The fourth-order valence-electron chi connectivity index (χ4n) is 3.87. The second kappa shape index (κ2) is 8.26. The molecular formula is C21H22F3N3OS. The van der Waals surface area contributed by atoms with Gasteiger partial charge < -0.3 is 9.80 Å². The van der Waals surface area contributed by atoms with Crippen molar-refractivity contribution in [3.8, 4) is 0 Å². The fourth-order valence-corrected chi connectivity index (χ4v) is 4.87. The van der Waals surface area contributed by atoms with Crippen LogP contribution in [0.15, 0.2) is 47.5 Å². The number of fused-ring (bicyclic) bond motifs is 1. The molecule has 0 saturated carbocycles. The van der Waals surface area contributed by atoms with Crippen molar-refractivity contribution in [1.82, 2.24) is 4.98 Å². The van der Waals surface area contributed by atoms with Gasteiger partial charge in [0.1, 0.15) is 5.82 Å². The van der Waals surface area contributed by atoms with E-state index in [4.69, 9.17) is 0 Å². The first-order valence-electron chi connectivity index (χ1n) is 9.75. The number of hydrogen-bond donors (Lipinski definition) is 0. The first kappa shape index (κ1) is 20.1. The fraction of sp³-hybridized carbons (Fsp3) is 0.429. The summed E-state index contributed by atoms with van der Waals surface area (Å²) >= 11 is 1.79. The summed E-state index contributed by atoms with van der Waals surface area (Å²) in [4.78, 5) is 22.2. The number of carbonyl (C=O) groups is 1. The number of carbonyl (C=O) groups excluding carboxylic acids is 1. The molecule has 0 atom stereocenters. The number of pyridine rings is 1. The summed E-state index contributed by atoms with van der Waals surface area (Å²) in [5.74, 6) is 1.61. The third kappa shape index (κ3) is 4.37. The lowest BCUT2D eigenvalue weighted by Gasteiger charge is -2.35. The van der Waals surface area contributed by atoms with Gasteiger partial charge in [0.25, 0.3) is 0 Å². The van der Waals surface area contributed by atoms with E-state index in [2.05, 4.69) is 11.1 Å². The summed E-state index contributed by atoms with van der Waals surface area (Å²) in [7, 11) is 0. The van der Waals surface area contributed by atoms with E-state index in [-0.39, 0.29) is 11.8 Å². The quantitative estimate of drug-likeness (QED) is 0.695. The second-order valence-corrected chi connectivity index (χ2v) is 8.46. The number of benzene rings is 1. The predicted octanol–water partition coefficient (Wildman–Crippen LogP) is 4.85. The molecule has 4 nitrogen and oxygen atoms in total. The molecular weight excluding hydrogens is 399 g/mol. The topological polar surface area (TPSA) is 36.4 Å². The summed E-state index contributed by atoms with van der Waals surface area (Å²) in [6.45, 7) is 1.95. The summed E-state index contributed by atoms with van der Waals surface area (Å²) in [5, 5.41) is 0. The van der Waals surface area contributed by atoms with Crippen LogP contribution in [0, 0.1) is 5.92 Å². The van der Waals surface area contributed by atoms with Crippen LogP contribution in [-0.2, 0) is 11.0 Å². The number of halogens is 3. The Morgan fingerprint density at radius 3 is 2.52 bits per heavy atom. The maximum Gasteiger partial charge on any atom is 0.417 e. The van der Waals surface area contributed by atoms with Crippen molar-refractivity contribution < 1.29 is 18.0 Å². The van der Waals surface area contributed by atoms with Crippen LogP contribution in [0.2, 0.25) is 0 Å². The van der Waals surface area contributed by atoms with E-state index in [0.29, 0.717) is 31.7 Å². The second-order valence-electron chi connectivity index (χ2n) is 7.32. The highest BCUT2D eigenvalue weighted by Crippen LogP contribution is 2.36. The average molecular weight is 421 g/mol. The Morgan fingerprint density at radius 2 is 1.83 bits per heavy atom. The highest BCUT2D eigenvalue weighted by atomic mass is 32.2. The van der Waals surface area contributed by atoms with E-state index in [0.717, 1.165) is 41.6 Å². The molecule has 3 heterocycles. The molecule has 29 heavy (non-hydrogen) atoms. The predicted molar refractivity (Wildman–Crippen MR) is 108 cm³/mol. The molecule has 0 aliphatic carbocycles. The zero-order chi connectivity index (χ0) is 20.4. The number of thioether (sulfide) groups is 1. The van der Waals surface area contributed by atoms with Gasteiger partial charge in [0.05, 0.1) is 11.3 Å². The minimum atomic E-state index is -4.38. The van der Waals surface area contributed by atoms with E-state index in [1.165, 1.54) is 6.07 Å². The number of amides is 1. The Bertz CT molecular complexity index is 864. The molecule has 1 amide bonds. The monoisotopic (exact) mass is 421 g/mol. The molecule has 1 aromatic heterocycles. The minimum Gasteiger partial charge on any atom is -0.357 e. The molecule has 4 rings (SSSR count). The third-order valence-electron chi connectivity index (χ3n) is 5.45. The number of para-hydroxylation sites is 1. The van der Waals surface area contributed by atoms with Crippen LogP contribution < -0.4 is 9.80 Å². The molecule has 0 bridgehead atoms. The van der Waals surface area contributed by atoms with E-state index < -0.39 is 11.7 Å². The molecule has 0 N–H and O–H groups in total. The van der Waals surface area contributed by atoms with Crippen molar-refractivity contribution in [2.45, 2.75) is 30.3 Å². The molecule has 2 aromatic rings. The van der Waals surface area contributed by atoms with Crippen LogP contribution in [0.25, 0.3) is 0 Å². The summed E-state index contributed by atoms with van der Waals surface area (Å²) in [6, 6.07) is 10.5. The average Bonchev–Trinajstić information content (AvgIpc) is 2.95. The maximum absolute atomic E-state index is 13.2. The summed E-state index contributed by atoms with van der Waals surface area (Å²) < 4.78 is 38.1. The first-order valence-corrected chi connectivity index (χ1v) is 10.7. The lowest BCUT2D eigenvalue weighted by molar-refractivity contribution is -0.137. The Labute approximate surface area is 172 Å². The summed E-state index contributed by atoms with van der Waals surface area (Å²) in [6.07, 6.45) is -1.20. The zero-order valence-electron chi connectivity index (χ0n) is 15.9. The van der Waals surface area contributed by atoms with Gasteiger partial charge in [-0.05, 0) is 49.3 Å². The molecule has 2 aliphatic heterocycles. The molecule has 0 unspecified atom stereocenters. The third-order valence-corrected chi connectivity index (χ3v) is 6.60. The Balaban J connectivity index is 1.41. The smallest absolute Gasteiger partial charge is 0.357 e. The maximum atomic E-state index is 13.2. The van der Waals surface area contributed by atoms with E-state index in [9.17, 15) is 18.0 Å². The van der Waals surface area contributed by atoms with Gasteiger partial charge in [-0.1, -0.05) is 12.1 Å². The molecule has 0 spiro atoms. The van der Waals surface area contributed by atoms with Crippen LogP contribution in [0.1, 0.15) is 24.8 Å². The molecule has 1 aromatic carbocycles. The molecule has 8 heteroatoms. The van der Waals surface area contributed by atoms with Gasteiger partial charge in [-0.25, -0.2) is 4.98 Å². The molecule has 154 valence electrons. The van der Waals surface area contributed by atoms with Crippen molar-refractivity contribution in [2.24, 2.45) is 5.92 Å². The largest absolute Gasteiger partial charge is 0.417 e. The van der Waals surface area contributed by atoms with Crippen molar-refractivity contribution >= 4 is 29.2 Å². The standard InChI is InChI=1S/C21H22F3N3OS/c22-21(23,24)16-6-7-19(25-14-16)26-11-8-15(9-12-26)20(28)27-10-3-13-29-18-5-2-1-4-17(18)27/h1-2,4-7,14-15H,3,8-13H2. The van der Waals surface area contributed by atoms with Gasteiger partial charge in [-0.3, -0.25) is 4.79 Å². The molecule has 0 radical (unpaired) electrons. The van der Waals surface area contributed by atoms with Crippen LogP contribution in [0.4, 0.5) is 24.7 Å². The molecule has 1 fully saturated rings. The number of nitrogens with zero attached hydrogens (tertiary/aromatic N) is 3. The van der Waals surface area contributed by atoms with E-state index in [1.807, 2.05) is 28.0 Å². The highest BCUT2D eigenvalue weighted by Gasteiger charge is 2.33. The Hall–Kier alpha value is -2.22. The Morgan fingerprint density at radius 1 is 1.07 bits per heavy atom. The van der Waals surface area contributed by atoms with Crippen LogP contribution in [0.3, 0.4) is 0 Å². The van der Waals surface area contributed by atoms with E-state index in [1.54, 1.807) is 11.8 Å². The number of piperidine rings is 1. The number of alkyl halides is 3. The molecule has 2 aliphatic rings.